The van der Waals surface area contributed by atoms with Gasteiger partial charge in [0.2, 0.25) is 0 Å². The van der Waals surface area contributed by atoms with Crippen molar-refractivity contribution in [2.75, 3.05) is 7.11 Å². The van der Waals surface area contributed by atoms with E-state index < -0.39 is 0 Å². The maximum atomic E-state index is 6.07. The number of hydrogen-bond donors (Lipinski definition) is 0. The highest BCUT2D eigenvalue weighted by molar-refractivity contribution is 6.29. The van der Waals surface area contributed by atoms with E-state index >= 15 is 0 Å². The summed E-state index contributed by atoms with van der Waals surface area (Å²) in [6.45, 7) is 2.29. The van der Waals surface area contributed by atoms with Crippen LogP contribution in [0.25, 0.3) is 22.4 Å². The number of aryl methyl sites for hydroxylation is 1. The molecule has 0 aliphatic rings. The molecule has 2 heterocycles. The van der Waals surface area contributed by atoms with Crippen molar-refractivity contribution in [3.8, 4) is 11.4 Å². The zero-order chi connectivity index (χ0) is 14.1. The molecule has 3 aromatic rings. The van der Waals surface area contributed by atoms with Crippen LogP contribution in [0.3, 0.4) is 0 Å². The van der Waals surface area contributed by atoms with Gasteiger partial charge in [-0.2, -0.15) is 0 Å². The van der Waals surface area contributed by atoms with Crippen molar-refractivity contribution in [3.63, 3.8) is 0 Å². The molecule has 0 saturated heterocycles. The van der Waals surface area contributed by atoms with E-state index in [2.05, 4.69) is 9.97 Å². The Hall–Kier alpha value is -1.91. The predicted molar refractivity (Wildman–Crippen MR) is 77.7 cm³/mol. The Kier molecular flexibility index (Phi) is 3.42. The third-order valence-corrected chi connectivity index (χ3v) is 3.23. The third-order valence-electron chi connectivity index (χ3n) is 3.04. The Balaban J connectivity index is 2.22. The highest BCUT2D eigenvalue weighted by atomic mass is 35.5. The molecule has 0 bridgehead atoms. The SMILES string of the molecule is COCc1cc(Cl)nc(-c2c(C)oc3ccccc23)n1. The number of rotatable bonds is 3. The number of fused-ring (bicyclic) bond motifs is 1. The lowest BCUT2D eigenvalue weighted by Crippen LogP contribution is -1.98. The number of furan rings is 1. The van der Waals surface area contributed by atoms with Gasteiger partial charge in [-0.05, 0) is 19.1 Å². The van der Waals surface area contributed by atoms with Gasteiger partial charge in [-0.1, -0.05) is 29.8 Å². The Morgan fingerprint density at radius 1 is 1.25 bits per heavy atom. The largest absolute Gasteiger partial charge is 0.461 e. The molecule has 102 valence electrons. The minimum atomic E-state index is 0.393. The lowest BCUT2D eigenvalue weighted by atomic mass is 10.1. The van der Waals surface area contributed by atoms with Gasteiger partial charge >= 0.3 is 0 Å². The van der Waals surface area contributed by atoms with E-state index in [4.69, 9.17) is 20.8 Å². The second kappa shape index (κ2) is 5.23. The zero-order valence-corrected chi connectivity index (χ0v) is 11.9. The van der Waals surface area contributed by atoms with Crippen LogP contribution >= 0.6 is 11.6 Å². The molecule has 0 aliphatic carbocycles. The smallest absolute Gasteiger partial charge is 0.165 e. The average Bonchev–Trinajstić information content (AvgIpc) is 2.74. The van der Waals surface area contributed by atoms with E-state index in [0.29, 0.717) is 17.6 Å². The van der Waals surface area contributed by atoms with Gasteiger partial charge in [0.15, 0.2) is 5.82 Å². The molecule has 0 aliphatic heterocycles. The van der Waals surface area contributed by atoms with Crippen molar-refractivity contribution >= 4 is 22.6 Å². The van der Waals surface area contributed by atoms with E-state index in [0.717, 1.165) is 28.0 Å². The first kappa shape index (κ1) is 13.1. The van der Waals surface area contributed by atoms with Gasteiger partial charge in [-0.15, -0.1) is 0 Å². The number of benzene rings is 1. The molecule has 0 atom stereocenters. The van der Waals surface area contributed by atoms with Gasteiger partial charge in [-0.25, -0.2) is 9.97 Å². The normalized spacial score (nSPS) is 11.2. The molecule has 0 fully saturated rings. The summed E-state index contributed by atoms with van der Waals surface area (Å²) in [7, 11) is 1.62. The molecular weight excluding hydrogens is 276 g/mol. The van der Waals surface area contributed by atoms with E-state index in [-0.39, 0.29) is 0 Å². The topological polar surface area (TPSA) is 48.2 Å². The summed E-state index contributed by atoms with van der Waals surface area (Å²) in [5.74, 6) is 1.34. The van der Waals surface area contributed by atoms with E-state index in [1.54, 1.807) is 13.2 Å². The predicted octanol–water partition coefficient (Wildman–Crippen LogP) is 4.00. The van der Waals surface area contributed by atoms with Crippen LogP contribution in [0.15, 0.2) is 34.7 Å². The lowest BCUT2D eigenvalue weighted by molar-refractivity contribution is 0.181. The molecule has 2 aromatic heterocycles. The molecule has 0 spiro atoms. The minimum absolute atomic E-state index is 0.393. The van der Waals surface area contributed by atoms with Crippen LogP contribution in [0.1, 0.15) is 11.5 Å². The molecule has 5 heteroatoms. The number of ether oxygens (including phenoxy) is 1. The first-order chi connectivity index (χ1) is 9.69. The summed E-state index contributed by atoms with van der Waals surface area (Å²) in [5.41, 5.74) is 2.43. The zero-order valence-electron chi connectivity index (χ0n) is 11.2. The second-order valence-electron chi connectivity index (χ2n) is 4.47. The monoisotopic (exact) mass is 288 g/mol. The minimum Gasteiger partial charge on any atom is -0.461 e. The standard InChI is InChI=1S/C15H13ClN2O2/c1-9-14(11-5-3-4-6-12(11)20-9)15-17-10(8-19-2)7-13(16)18-15/h3-7H,8H2,1-2H3. The Morgan fingerprint density at radius 3 is 2.85 bits per heavy atom. The number of aromatic nitrogens is 2. The maximum Gasteiger partial charge on any atom is 0.165 e. The lowest BCUT2D eigenvalue weighted by Gasteiger charge is -2.04. The molecule has 0 radical (unpaired) electrons. The van der Waals surface area contributed by atoms with Gasteiger partial charge in [0.25, 0.3) is 0 Å². The fourth-order valence-corrected chi connectivity index (χ4v) is 2.45. The van der Waals surface area contributed by atoms with Crippen molar-refractivity contribution in [1.82, 2.24) is 9.97 Å². The highest BCUT2D eigenvalue weighted by Crippen LogP contribution is 2.32. The Bertz CT molecular complexity index is 768. The van der Waals surface area contributed by atoms with Crippen LogP contribution in [0, 0.1) is 6.92 Å². The van der Waals surface area contributed by atoms with Crippen LogP contribution < -0.4 is 0 Å². The van der Waals surface area contributed by atoms with Gasteiger partial charge in [-0.3, -0.25) is 0 Å². The fourth-order valence-electron chi connectivity index (χ4n) is 2.24. The second-order valence-corrected chi connectivity index (χ2v) is 4.86. The molecule has 1 aromatic carbocycles. The summed E-state index contributed by atoms with van der Waals surface area (Å²) >= 11 is 6.07. The van der Waals surface area contributed by atoms with Crippen LogP contribution in [-0.4, -0.2) is 17.1 Å². The molecule has 0 amide bonds. The summed E-state index contributed by atoms with van der Waals surface area (Å²) in [4.78, 5) is 8.80. The van der Waals surface area contributed by atoms with Gasteiger partial charge in [0.05, 0.1) is 17.9 Å². The quantitative estimate of drug-likeness (QED) is 0.684. The number of para-hydroxylation sites is 1. The van der Waals surface area contributed by atoms with Crippen LogP contribution in [0.5, 0.6) is 0 Å². The summed E-state index contributed by atoms with van der Waals surface area (Å²) < 4.78 is 10.8. The Labute approximate surface area is 121 Å². The summed E-state index contributed by atoms with van der Waals surface area (Å²) in [6.07, 6.45) is 0. The summed E-state index contributed by atoms with van der Waals surface area (Å²) in [5, 5.41) is 1.38. The third kappa shape index (κ3) is 2.28. The number of methoxy groups -OCH3 is 1. The highest BCUT2D eigenvalue weighted by Gasteiger charge is 2.16. The number of halogens is 1. The number of nitrogens with zero attached hydrogens (tertiary/aromatic N) is 2. The first-order valence-electron chi connectivity index (χ1n) is 6.20. The van der Waals surface area contributed by atoms with E-state index in [9.17, 15) is 0 Å². The van der Waals surface area contributed by atoms with Gasteiger partial charge < -0.3 is 9.15 Å². The van der Waals surface area contributed by atoms with Crippen molar-refractivity contribution in [2.24, 2.45) is 0 Å². The molecule has 20 heavy (non-hydrogen) atoms. The fraction of sp³-hybridized carbons (Fsp3) is 0.200. The van der Waals surface area contributed by atoms with Crippen molar-refractivity contribution in [3.05, 3.63) is 46.9 Å². The summed E-state index contributed by atoms with van der Waals surface area (Å²) in [6, 6.07) is 9.51. The average molecular weight is 289 g/mol. The molecule has 0 saturated carbocycles. The molecular formula is C15H13ClN2O2. The molecule has 0 unspecified atom stereocenters. The molecule has 4 nitrogen and oxygen atoms in total. The van der Waals surface area contributed by atoms with Crippen molar-refractivity contribution < 1.29 is 9.15 Å². The molecule has 3 rings (SSSR count). The van der Waals surface area contributed by atoms with E-state index in [1.165, 1.54) is 0 Å². The Morgan fingerprint density at radius 2 is 2.05 bits per heavy atom. The maximum absolute atomic E-state index is 6.07. The van der Waals surface area contributed by atoms with Crippen LogP contribution in [0.2, 0.25) is 5.15 Å². The van der Waals surface area contributed by atoms with E-state index in [1.807, 2.05) is 31.2 Å². The van der Waals surface area contributed by atoms with Crippen molar-refractivity contribution in [2.45, 2.75) is 13.5 Å². The van der Waals surface area contributed by atoms with Gasteiger partial charge in [0, 0.05) is 12.5 Å². The molecule has 0 N–H and O–H groups in total. The van der Waals surface area contributed by atoms with Crippen molar-refractivity contribution in [1.29, 1.82) is 0 Å². The van der Waals surface area contributed by atoms with Crippen LogP contribution in [-0.2, 0) is 11.3 Å². The van der Waals surface area contributed by atoms with Gasteiger partial charge in [0.1, 0.15) is 16.5 Å². The number of hydrogen-bond acceptors (Lipinski definition) is 4. The first-order valence-corrected chi connectivity index (χ1v) is 6.57. The van der Waals surface area contributed by atoms with Crippen LogP contribution in [0.4, 0.5) is 0 Å².